The van der Waals surface area contributed by atoms with Crippen molar-refractivity contribution in [1.29, 1.82) is 0 Å². The second-order valence-corrected chi connectivity index (χ2v) is 6.83. The molecule has 118 valence electrons. The van der Waals surface area contributed by atoms with Crippen LogP contribution < -0.4 is 0 Å². The van der Waals surface area contributed by atoms with Crippen molar-refractivity contribution in [1.82, 2.24) is 9.80 Å². The molecule has 0 unspecified atom stereocenters. The lowest BCUT2D eigenvalue weighted by Crippen LogP contribution is -2.58. The molecule has 2 atom stereocenters. The molecule has 2 rings (SSSR count). The smallest absolute Gasteiger partial charge is 0.239 e. The van der Waals surface area contributed by atoms with Crippen molar-refractivity contribution in [3.8, 4) is 0 Å². The zero-order valence-electron chi connectivity index (χ0n) is 14.1. The third-order valence-electron chi connectivity index (χ3n) is 4.78. The van der Waals surface area contributed by atoms with Gasteiger partial charge in [-0.05, 0) is 53.4 Å². The van der Waals surface area contributed by atoms with Gasteiger partial charge in [0.25, 0.3) is 0 Å². The Morgan fingerprint density at radius 1 is 1.29 bits per heavy atom. The number of fused-ring (bicyclic) bond motifs is 1. The zero-order valence-corrected chi connectivity index (χ0v) is 14.1. The van der Waals surface area contributed by atoms with Gasteiger partial charge in [0.2, 0.25) is 5.91 Å². The normalized spacial score (nSPS) is 27.0. The molecule has 3 nitrogen and oxygen atoms in total. The quantitative estimate of drug-likeness (QED) is 0.725. The van der Waals surface area contributed by atoms with E-state index in [4.69, 9.17) is 0 Å². The fraction of sp³-hybridized carbons (Fsp3) is 0.722. The molecule has 2 fully saturated rings. The van der Waals surface area contributed by atoms with E-state index in [0.29, 0.717) is 11.9 Å². The first-order valence-corrected chi connectivity index (χ1v) is 8.32. The molecular weight excluding hydrogens is 260 g/mol. The Labute approximate surface area is 129 Å². The highest BCUT2D eigenvalue weighted by Gasteiger charge is 2.39. The Bertz CT molecular complexity index is 434. The summed E-state index contributed by atoms with van der Waals surface area (Å²) in [7, 11) is 0. The topological polar surface area (TPSA) is 23.6 Å². The first-order valence-electron chi connectivity index (χ1n) is 8.32. The highest BCUT2D eigenvalue weighted by Crippen LogP contribution is 2.25. The van der Waals surface area contributed by atoms with Crippen LogP contribution in [0.2, 0.25) is 0 Å². The molecular formula is C18H30N2O. The minimum atomic E-state index is 0.0428. The number of allylic oxidation sites excluding steroid dienone is 3. The summed E-state index contributed by atoms with van der Waals surface area (Å²) >= 11 is 0. The van der Waals surface area contributed by atoms with Crippen LogP contribution in [0.25, 0.3) is 0 Å². The first-order chi connectivity index (χ1) is 9.99. The van der Waals surface area contributed by atoms with Crippen LogP contribution >= 0.6 is 0 Å². The van der Waals surface area contributed by atoms with Crippen molar-refractivity contribution >= 4 is 5.91 Å². The molecule has 0 saturated carbocycles. The number of rotatable bonds is 5. The van der Waals surface area contributed by atoms with E-state index in [9.17, 15) is 4.79 Å². The fourth-order valence-corrected chi connectivity index (χ4v) is 3.34. The molecule has 0 bridgehead atoms. The monoisotopic (exact) mass is 290 g/mol. The van der Waals surface area contributed by atoms with Gasteiger partial charge in [0, 0.05) is 25.7 Å². The number of hydrogen-bond acceptors (Lipinski definition) is 2. The molecule has 0 radical (unpaired) electrons. The molecule has 0 aliphatic carbocycles. The fourth-order valence-electron chi connectivity index (χ4n) is 3.34. The molecule has 2 heterocycles. The minimum Gasteiger partial charge on any atom is -0.337 e. The van der Waals surface area contributed by atoms with Crippen LogP contribution in [0, 0.1) is 0 Å². The summed E-state index contributed by atoms with van der Waals surface area (Å²) in [6.07, 6.45) is 9.20. The van der Waals surface area contributed by atoms with Crippen LogP contribution in [0.15, 0.2) is 23.3 Å². The van der Waals surface area contributed by atoms with Crippen molar-refractivity contribution in [2.24, 2.45) is 0 Å². The van der Waals surface area contributed by atoms with E-state index in [-0.39, 0.29) is 6.04 Å². The van der Waals surface area contributed by atoms with Crippen LogP contribution in [0.4, 0.5) is 0 Å². The van der Waals surface area contributed by atoms with Crippen molar-refractivity contribution < 1.29 is 4.79 Å². The van der Waals surface area contributed by atoms with E-state index in [1.54, 1.807) is 0 Å². The van der Waals surface area contributed by atoms with Gasteiger partial charge in [-0.3, -0.25) is 9.69 Å². The molecule has 2 saturated heterocycles. The Morgan fingerprint density at radius 3 is 2.76 bits per heavy atom. The summed E-state index contributed by atoms with van der Waals surface area (Å²) in [4.78, 5) is 16.8. The number of nitrogens with zero attached hydrogens (tertiary/aromatic N) is 2. The number of carbonyl (C=O) groups excluding carboxylic acids is 1. The molecule has 2 aliphatic heterocycles. The van der Waals surface area contributed by atoms with E-state index in [1.807, 2.05) is 0 Å². The van der Waals surface area contributed by atoms with Crippen LogP contribution in [-0.4, -0.2) is 47.4 Å². The Kier molecular flexibility index (Phi) is 5.63. The van der Waals surface area contributed by atoms with E-state index in [0.717, 1.165) is 32.5 Å². The van der Waals surface area contributed by atoms with Gasteiger partial charge in [-0.15, -0.1) is 0 Å². The van der Waals surface area contributed by atoms with Gasteiger partial charge in [-0.1, -0.05) is 23.3 Å². The predicted molar refractivity (Wildman–Crippen MR) is 88.2 cm³/mol. The highest BCUT2D eigenvalue weighted by molar-refractivity contribution is 5.83. The van der Waals surface area contributed by atoms with Crippen molar-refractivity contribution in [3.05, 3.63) is 23.3 Å². The van der Waals surface area contributed by atoms with Gasteiger partial charge in [0.1, 0.15) is 0 Å². The van der Waals surface area contributed by atoms with Gasteiger partial charge in [0.05, 0.1) is 6.04 Å². The third kappa shape index (κ3) is 4.19. The summed E-state index contributed by atoms with van der Waals surface area (Å²) in [5.41, 5.74) is 2.82. The molecule has 0 aromatic rings. The van der Waals surface area contributed by atoms with Crippen LogP contribution in [0.5, 0.6) is 0 Å². The largest absolute Gasteiger partial charge is 0.337 e. The van der Waals surface area contributed by atoms with Gasteiger partial charge < -0.3 is 4.90 Å². The molecule has 3 heteroatoms. The molecule has 0 spiro atoms. The van der Waals surface area contributed by atoms with Crippen LogP contribution in [0.1, 0.15) is 53.4 Å². The standard InChI is InChI=1S/C18H30N2O/c1-14(2)7-5-8-15(3)10-12-19-13-17-9-6-11-20(17)18(21)16(19)4/h7,10,16-17H,5-6,8-9,11-13H2,1-4H3/b15-10+/t16-,17-/m1/s1. The molecule has 0 N–H and O–H groups in total. The average molecular weight is 290 g/mol. The Balaban J connectivity index is 1.87. The number of hydrogen-bond donors (Lipinski definition) is 0. The first kappa shape index (κ1) is 16.3. The van der Waals surface area contributed by atoms with Crippen LogP contribution in [0.3, 0.4) is 0 Å². The molecule has 0 aromatic heterocycles. The highest BCUT2D eigenvalue weighted by atomic mass is 16.2. The lowest BCUT2D eigenvalue weighted by Gasteiger charge is -2.41. The number of carbonyl (C=O) groups is 1. The molecule has 21 heavy (non-hydrogen) atoms. The minimum absolute atomic E-state index is 0.0428. The number of piperazine rings is 1. The van der Waals surface area contributed by atoms with Gasteiger partial charge >= 0.3 is 0 Å². The van der Waals surface area contributed by atoms with E-state index in [1.165, 1.54) is 24.0 Å². The van der Waals surface area contributed by atoms with Crippen molar-refractivity contribution in [2.75, 3.05) is 19.6 Å². The van der Waals surface area contributed by atoms with E-state index >= 15 is 0 Å². The molecule has 2 aliphatic rings. The average Bonchev–Trinajstić information content (AvgIpc) is 2.89. The molecule has 0 aromatic carbocycles. The van der Waals surface area contributed by atoms with Crippen molar-refractivity contribution in [2.45, 2.75) is 65.5 Å². The van der Waals surface area contributed by atoms with Crippen LogP contribution in [-0.2, 0) is 4.79 Å². The second-order valence-electron chi connectivity index (χ2n) is 6.83. The maximum absolute atomic E-state index is 12.4. The Hall–Kier alpha value is -1.09. The summed E-state index contributed by atoms with van der Waals surface area (Å²) in [6, 6.07) is 0.509. The van der Waals surface area contributed by atoms with Gasteiger partial charge in [-0.2, -0.15) is 0 Å². The lowest BCUT2D eigenvalue weighted by atomic mass is 10.1. The van der Waals surface area contributed by atoms with E-state index in [2.05, 4.69) is 49.6 Å². The van der Waals surface area contributed by atoms with Gasteiger partial charge in [0.15, 0.2) is 0 Å². The third-order valence-corrected chi connectivity index (χ3v) is 4.78. The predicted octanol–water partition coefficient (Wildman–Crippen LogP) is 3.37. The zero-order chi connectivity index (χ0) is 15.4. The van der Waals surface area contributed by atoms with Gasteiger partial charge in [-0.25, -0.2) is 0 Å². The Morgan fingerprint density at radius 2 is 2.05 bits per heavy atom. The second kappa shape index (κ2) is 7.26. The SMILES string of the molecule is CC(C)=CCC/C(C)=C/CN1C[C@H]2CCCN2C(=O)[C@H]1C. The summed E-state index contributed by atoms with van der Waals surface area (Å²) in [5.74, 6) is 0.333. The molecule has 1 amide bonds. The maximum Gasteiger partial charge on any atom is 0.239 e. The lowest BCUT2D eigenvalue weighted by molar-refractivity contribution is -0.142. The summed E-state index contributed by atoms with van der Waals surface area (Å²) in [6.45, 7) is 11.5. The number of amides is 1. The maximum atomic E-state index is 12.4. The van der Waals surface area contributed by atoms with Crippen molar-refractivity contribution in [3.63, 3.8) is 0 Å². The summed E-state index contributed by atoms with van der Waals surface area (Å²) in [5, 5.41) is 0. The van der Waals surface area contributed by atoms with E-state index < -0.39 is 0 Å². The summed E-state index contributed by atoms with van der Waals surface area (Å²) < 4.78 is 0.